The van der Waals surface area contributed by atoms with Crippen molar-refractivity contribution in [2.45, 2.75) is 19.8 Å². The Kier molecular flexibility index (Phi) is 2.73. The Bertz CT molecular complexity index is 356. The van der Waals surface area contributed by atoms with E-state index in [-0.39, 0.29) is 11.6 Å². The number of aromatic nitrogens is 2. The van der Waals surface area contributed by atoms with Gasteiger partial charge in [0.15, 0.2) is 0 Å². The Labute approximate surface area is 82.1 Å². The highest BCUT2D eigenvalue weighted by Gasteiger charge is 2.27. The lowest BCUT2D eigenvalue weighted by Gasteiger charge is -1.99. The van der Waals surface area contributed by atoms with E-state index >= 15 is 0 Å². The Balaban J connectivity index is 3.37. The first kappa shape index (κ1) is 10.5. The molecule has 6 nitrogen and oxygen atoms in total. The molecule has 78 valence electrons. The number of nitro groups is 1. The number of hydrogen-bond donors (Lipinski definition) is 1. The third-order valence-corrected chi connectivity index (χ3v) is 2.01. The molecule has 0 unspecified atom stereocenters. The third kappa shape index (κ3) is 1.55. The fourth-order valence-electron chi connectivity index (χ4n) is 1.38. The maximum atomic E-state index is 10.8. The van der Waals surface area contributed by atoms with Gasteiger partial charge in [-0.1, -0.05) is 13.8 Å². The van der Waals surface area contributed by atoms with Crippen LogP contribution in [0.4, 0.5) is 11.5 Å². The van der Waals surface area contributed by atoms with Gasteiger partial charge < -0.3 is 5.32 Å². The Morgan fingerprint density at radius 2 is 2.14 bits per heavy atom. The summed E-state index contributed by atoms with van der Waals surface area (Å²) in [5.74, 6) is 0.488. The van der Waals surface area contributed by atoms with E-state index in [9.17, 15) is 10.1 Å². The van der Waals surface area contributed by atoms with Crippen LogP contribution in [0.25, 0.3) is 0 Å². The van der Waals surface area contributed by atoms with Crippen LogP contribution < -0.4 is 5.32 Å². The fourth-order valence-corrected chi connectivity index (χ4v) is 1.38. The second-order valence-corrected chi connectivity index (χ2v) is 3.37. The summed E-state index contributed by atoms with van der Waals surface area (Å²) in [5.41, 5.74) is 0.590. The quantitative estimate of drug-likeness (QED) is 0.590. The van der Waals surface area contributed by atoms with Gasteiger partial charge in [-0.2, -0.15) is 5.10 Å². The van der Waals surface area contributed by atoms with Crippen molar-refractivity contribution in [1.29, 1.82) is 0 Å². The summed E-state index contributed by atoms with van der Waals surface area (Å²) in [7, 11) is 3.33. The number of nitrogens with one attached hydrogen (secondary N) is 1. The van der Waals surface area contributed by atoms with E-state index in [0.717, 1.165) is 0 Å². The third-order valence-electron chi connectivity index (χ3n) is 2.01. The highest BCUT2D eigenvalue weighted by atomic mass is 16.6. The molecule has 1 N–H and O–H groups in total. The minimum Gasteiger partial charge on any atom is -0.368 e. The molecule has 0 radical (unpaired) electrons. The molecule has 1 aromatic rings. The molecule has 0 atom stereocenters. The van der Waals surface area contributed by atoms with E-state index in [1.54, 1.807) is 14.1 Å². The van der Waals surface area contributed by atoms with Crippen molar-refractivity contribution >= 4 is 11.5 Å². The van der Waals surface area contributed by atoms with Crippen molar-refractivity contribution < 1.29 is 4.92 Å². The fraction of sp³-hybridized carbons (Fsp3) is 0.625. The van der Waals surface area contributed by atoms with Crippen molar-refractivity contribution in [2.24, 2.45) is 7.05 Å². The minimum atomic E-state index is -0.395. The number of rotatable bonds is 3. The molecular weight excluding hydrogens is 184 g/mol. The number of anilines is 1. The van der Waals surface area contributed by atoms with Crippen LogP contribution >= 0.6 is 0 Å². The topological polar surface area (TPSA) is 73.0 Å². The average Bonchev–Trinajstić information content (AvgIpc) is 2.42. The van der Waals surface area contributed by atoms with Crippen molar-refractivity contribution in [3.63, 3.8) is 0 Å². The van der Waals surface area contributed by atoms with Crippen molar-refractivity contribution in [1.82, 2.24) is 9.78 Å². The lowest BCUT2D eigenvalue weighted by molar-refractivity contribution is -0.384. The molecule has 0 bridgehead atoms. The van der Waals surface area contributed by atoms with E-state index in [1.807, 2.05) is 13.8 Å². The summed E-state index contributed by atoms with van der Waals surface area (Å²) in [5, 5.41) is 17.7. The normalized spacial score (nSPS) is 10.6. The molecule has 0 saturated carbocycles. The zero-order chi connectivity index (χ0) is 10.9. The molecule has 0 aliphatic heterocycles. The number of aryl methyl sites for hydroxylation is 1. The first-order chi connectivity index (χ1) is 6.49. The van der Waals surface area contributed by atoms with Crippen LogP contribution in [0.5, 0.6) is 0 Å². The maximum absolute atomic E-state index is 10.8. The summed E-state index contributed by atoms with van der Waals surface area (Å²) in [6, 6.07) is 0. The monoisotopic (exact) mass is 198 g/mol. The van der Waals surface area contributed by atoms with Crippen molar-refractivity contribution in [3.8, 4) is 0 Å². The zero-order valence-electron chi connectivity index (χ0n) is 8.74. The SMILES string of the molecule is CNc1c([N+](=O)[O-])c(C(C)C)nn1C. The van der Waals surface area contributed by atoms with Crippen LogP contribution in [0, 0.1) is 10.1 Å². The molecule has 0 aliphatic carbocycles. The largest absolute Gasteiger partial charge is 0.368 e. The van der Waals surface area contributed by atoms with Crippen LogP contribution in [-0.2, 0) is 7.05 Å². The van der Waals surface area contributed by atoms with Gasteiger partial charge in [-0.3, -0.25) is 10.1 Å². The van der Waals surface area contributed by atoms with Gasteiger partial charge in [0.25, 0.3) is 0 Å². The van der Waals surface area contributed by atoms with Crippen LogP contribution in [-0.4, -0.2) is 21.8 Å². The second kappa shape index (κ2) is 3.65. The van der Waals surface area contributed by atoms with E-state index < -0.39 is 4.92 Å². The highest BCUT2D eigenvalue weighted by Crippen LogP contribution is 2.32. The molecule has 0 aromatic carbocycles. The Morgan fingerprint density at radius 3 is 2.50 bits per heavy atom. The summed E-state index contributed by atoms with van der Waals surface area (Å²) in [6.07, 6.45) is 0. The zero-order valence-corrected chi connectivity index (χ0v) is 8.74. The molecule has 1 heterocycles. The standard InChI is InChI=1S/C8H14N4O2/c1-5(2)6-7(12(13)14)8(9-3)11(4)10-6/h5,9H,1-4H3. The molecule has 0 spiro atoms. The van der Waals surface area contributed by atoms with E-state index in [0.29, 0.717) is 11.5 Å². The summed E-state index contributed by atoms with van der Waals surface area (Å²) >= 11 is 0. The first-order valence-electron chi connectivity index (χ1n) is 4.38. The number of nitrogens with zero attached hydrogens (tertiary/aromatic N) is 3. The predicted molar refractivity (Wildman–Crippen MR) is 53.5 cm³/mol. The van der Waals surface area contributed by atoms with Crippen molar-refractivity contribution in [2.75, 3.05) is 12.4 Å². The van der Waals surface area contributed by atoms with Gasteiger partial charge in [0.2, 0.25) is 5.82 Å². The van der Waals surface area contributed by atoms with Crippen LogP contribution in [0.15, 0.2) is 0 Å². The Hall–Kier alpha value is -1.59. The van der Waals surface area contributed by atoms with Crippen LogP contribution in [0.3, 0.4) is 0 Å². The van der Waals surface area contributed by atoms with E-state index in [1.165, 1.54) is 4.68 Å². The van der Waals surface area contributed by atoms with E-state index in [4.69, 9.17) is 0 Å². The van der Waals surface area contributed by atoms with Gasteiger partial charge in [0, 0.05) is 20.0 Å². The van der Waals surface area contributed by atoms with E-state index in [2.05, 4.69) is 10.4 Å². The summed E-state index contributed by atoms with van der Waals surface area (Å²) in [6.45, 7) is 3.77. The molecular formula is C8H14N4O2. The van der Waals surface area contributed by atoms with Gasteiger partial charge in [-0.25, -0.2) is 4.68 Å². The average molecular weight is 198 g/mol. The second-order valence-electron chi connectivity index (χ2n) is 3.37. The molecule has 0 fully saturated rings. The Morgan fingerprint density at radius 1 is 1.57 bits per heavy atom. The molecule has 1 aromatic heterocycles. The number of hydrogen-bond acceptors (Lipinski definition) is 4. The molecule has 0 amide bonds. The summed E-state index contributed by atoms with van der Waals surface area (Å²) < 4.78 is 1.49. The van der Waals surface area contributed by atoms with Gasteiger partial charge in [0.1, 0.15) is 5.69 Å². The van der Waals surface area contributed by atoms with Gasteiger partial charge in [-0.15, -0.1) is 0 Å². The molecule has 1 rings (SSSR count). The maximum Gasteiger partial charge on any atom is 0.334 e. The molecule has 0 aliphatic rings. The molecule has 14 heavy (non-hydrogen) atoms. The first-order valence-corrected chi connectivity index (χ1v) is 4.38. The minimum absolute atomic E-state index is 0.0451. The van der Waals surface area contributed by atoms with Crippen molar-refractivity contribution in [3.05, 3.63) is 15.8 Å². The van der Waals surface area contributed by atoms with Gasteiger partial charge >= 0.3 is 5.69 Å². The van der Waals surface area contributed by atoms with Gasteiger partial charge in [0.05, 0.1) is 4.92 Å². The molecule has 6 heteroatoms. The predicted octanol–water partition coefficient (Wildman–Crippen LogP) is 1.49. The highest BCUT2D eigenvalue weighted by molar-refractivity contribution is 5.60. The lowest BCUT2D eigenvalue weighted by Crippen LogP contribution is -2.00. The lowest BCUT2D eigenvalue weighted by atomic mass is 10.1. The van der Waals surface area contributed by atoms with Crippen LogP contribution in [0.2, 0.25) is 0 Å². The van der Waals surface area contributed by atoms with Gasteiger partial charge in [-0.05, 0) is 0 Å². The van der Waals surface area contributed by atoms with Crippen LogP contribution in [0.1, 0.15) is 25.5 Å². The molecule has 0 saturated heterocycles. The summed E-state index contributed by atoms with van der Waals surface area (Å²) in [4.78, 5) is 10.4. The smallest absolute Gasteiger partial charge is 0.334 e.